The molecule has 0 fully saturated rings. The van der Waals surface area contributed by atoms with Crippen LogP contribution in [-0.4, -0.2) is 20.5 Å². The van der Waals surface area contributed by atoms with E-state index >= 15 is 0 Å². The van der Waals surface area contributed by atoms with Crippen LogP contribution in [0.15, 0.2) is 99.2 Å². The van der Waals surface area contributed by atoms with Crippen molar-refractivity contribution in [2.45, 2.75) is 22.6 Å². The zero-order valence-corrected chi connectivity index (χ0v) is 19.0. The number of hydrogen-bond acceptors (Lipinski definition) is 4. The molecule has 0 atom stereocenters. The molecule has 0 heterocycles. The van der Waals surface area contributed by atoms with E-state index in [2.05, 4.69) is 15.9 Å². The molecule has 0 saturated carbocycles. The second kappa shape index (κ2) is 8.02. The lowest BCUT2D eigenvalue weighted by Gasteiger charge is -2.29. The van der Waals surface area contributed by atoms with Crippen LogP contribution in [0.2, 0.25) is 0 Å². The minimum atomic E-state index is -4.40. The van der Waals surface area contributed by atoms with Gasteiger partial charge in [0.05, 0.1) is 15.5 Å². The molecule has 0 aromatic heterocycles. The van der Waals surface area contributed by atoms with Crippen LogP contribution in [0, 0.1) is 0 Å². The van der Waals surface area contributed by atoms with Crippen molar-refractivity contribution in [1.82, 2.24) is 3.71 Å². The maximum absolute atomic E-state index is 13.6. The first kappa shape index (κ1) is 20.8. The Morgan fingerprint density at radius 2 is 1.27 bits per heavy atom. The topological polar surface area (TPSA) is 71.5 Å². The van der Waals surface area contributed by atoms with Gasteiger partial charge in [-0.25, -0.2) is 16.8 Å². The number of hydrogen-bond donors (Lipinski definition) is 0. The highest BCUT2D eigenvalue weighted by Gasteiger charge is 2.39. The van der Waals surface area contributed by atoms with E-state index in [1.807, 2.05) is 12.1 Å². The largest absolute Gasteiger partial charge is 0.277 e. The van der Waals surface area contributed by atoms with Crippen LogP contribution in [0.1, 0.15) is 17.5 Å². The third kappa shape index (κ3) is 3.71. The van der Waals surface area contributed by atoms with Gasteiger partial charge in [0.25, 0.3) is 20.0 Å². The number of halogens is 1. The van der Waals surface area contributed by atoms with Gasteiger partial charge < -0.3 is 0 Å². The summed E-state index contributed by atoms with van der Waals surface area (Å²) in [6.07, 6.45) is 2.92. The standard InChI is InChI=1S/C22H18BrNO4S2/c23-18-15-14-17-8-7-13-22(21(17)16-18)24(29(25,26)19-9-3-1-4-10-19)30(27,28)20-11-5-2-6-12-20/h1-6,9-16H,7-8H2. The number of nitrogens with zero attached hydrogens (tertiary/aromatic N) is 1. The summed E-state index contributed by atoms with van der Waals surface area (Å²) in [5.74, 6) is 0. The van der Waals surface area contributed by atoms with E-state index in [1.54, 1.807) is 48.5 Å². The SMILES string of the molecule is O=S(=O)(c1ccccc1)N(C1=CCCc2ccc(Br)cc21)S(=O)(=O)c1ccccc1. The minimum Gasteiger partial charge on any atom is -0.200 e. The molecule has 0 radical (unpaired) electrons. The average molecular weight is 504 g/mol. The van der Waals surface area contributed by atoms with Crippen molar-refractivity contribution in [2.24, 2.45) is 0 Å². The van der Waals surface area contributed by atoms with Gasteiger partial charge in [-0.2, -0.15) is 3.71 Å². The molecule has 0 spiro atoms. The molecular weight excluding hydrogens is 486 g/mol. The highest BCUT2D eigenvalue weighted by atomic mass is 79.9. The van der Waals surface area contributed by atoms with Crippen LogP contribution in [0.4, 0.5) is 0 Å². The van der Waals surface area contributed by atoms with Crippen LogP contribution in [0.25, 0.3) is 5.70 Å². The van der Waals surface area contributed by atoms with Gasteiger partial charge in [0.2, 0.25) is 0 Å². The smallest absolute Gasteiger partial charge is 0.200 e. The van der Waals surface area contributed by atoms with Gasteiger partial charge >= 0.3 is 0 Å². The van der Waals surface area contributed by atoms with Crippen LogP contribution in [-0.2, 0) is 26.5 Å². The number of aryl methyl sites for hydroxylation is 1. The summed E-state index contributed by atoms with van der Waals surface area (Å²) in [5, 5.41) is 0. The average Bonchev–Trinajstić information content (AvgIpc) is 2.75. The summed E-state index contributed by atoms with van der Waals surface area (Å²) < 4.78 is 55.9. The molecule has 154 valence electrons. The number of fused-ring (bicyclic) bond motifs is 1. The second-order valence-electron chi connectivity index (χ2n) is 6.76. The Morgan fingerprint density at radius 3 is 1.80 bits per heavy atom. The van der Waals surface area contributed by atoms with Crippen molar-refractivity contribution in [1.29, 1.82) is 0 Å². The maximum atomic E-state index is 13.6. The molecule has 4 rings (SSSR count). The predicted octanol–water partition coefficient (Wildman–Crippen LogP) is 4.82. The summed E-state index contributed by atoms with van der Waals surface area (Å²) in [5.41, 5.74) is 1.62. The molecule has 0 aliphatic heterocycles. The van der Waals surface area contributed by atoms with Gasteiger partial charge in [-0.3, -0.25) is 0 Å². The lowest BCUT2D eigenvalue weighted by Crippen LogP contribution is -2.36. The third-order valence-electron chi connectivity index (χ3n) is 4.81. The van der Waals surface area contributed by atoms with Crippen molar-refractivity contribution < 1.29 is 16.8 Å². The van der Waals surface area contributed by atoms with Gasteiger partial charge in [0.1, 0.15) is 0 Å². The molecule has 0 saturated heterocycles. The number of allylic oxidation sites excluding steroid dienone is 1. The zero-order valence-electron chi connectivity index (χ0n) is 15.8. The zero-order chi connectivity index (χ0) is 21.4. The van der Waals surface area contributed by atoms with Crippen molar-refractivity contribution in [3.63, 3.8) is 0 Å². The monoisotopic (exact) mass is 503 g/mol. The second-order valence-corrected chi connectivity index (χ2v) is 11.5. The fraction of sp³-hybridized carbons (Fsp3) is 0.0909. The molecule has 0 amide bonds. The summed E-state index contributed by atoms with van der Waals surface area (Å²) in [6, 6.07) is 20.7. The maximum Gasteiger partial charge on any atom is 0.277 e. The molecule has 0 bridgehead atoms. The predicted molar refractivity (Wildman–Crippen MR) is 120 cm³/mol. The van der Waals surface area contributed by atoms with Crippen molar-refractivity contribution in [3.8, 4) is 0 Å². The fourth-order valence-corrected chi connectivity index (χ4v) is 7.58. The van der Waals surface area contributed by atoms with Crippen molar-refractivity contribution >= 4 is 41.7 Å². The van der Waals surface area contributed by atoms with E-state index < -0.39 is 20.0 Å². The minimum absolute atomic E-state index is 0.0903. The van der Waals surface area contributed by atoms with Gasteiger partial charge in [-0.15, -0.1) is 0 Å². The molecule has 1 aliphatic rings. The number of benzene rings is 3. The highest BCUT2D eigenvalue weighted by Crippen LogP contribution is 2.38. The van der Waals surface area contributed by atoms with Gasteiger partial charge in [0, 0.05) is 10.0 Å². The van der Waals surface area contributed by atoms with Crippen LogP contribution < -0.4 is 0 Å². The van der Waals surface area contributed by atoms with E-state index in [1.165, 1.54) is 24.3 Å². The molecular formula is C22H18BrNO4S2. The Morgan fingerprint density at radius 1 is 0.733 bits per heavy atom. The Balaban J connectivity index is 1.99. The van der Waals surface area contributed by atoms with Crippen LogP contribution >= 0.6 is 15.9 Å². The molecule has 0 unspecified atom stereocenters. The first-order valence-electron chi connectivity index (χ1n) is 9.21. The Hall–Kier alpha value is -2.42. The molecule has 1 aliphatic carbocycles. The first-order chi connectivity index (χ1) is 14.3. The van der Waals surface area contributed by atoms with Crippen molar-refractivity contribution in [2.75, 3.05) is 0 Å². The van der Waals surface area contributed by atoms with E-state index in [4.69, 9.17) is 0 Å². The quantitative estimate of drug-likeness (QED) is 0.500. The van der Waals surface area contributed by atoms with Gasteiger partial charge in [-0.05, 0) is 54.8 Å². The molecule has 0 N–H and O–H groups in total. The molecule has 3 aromatic rings. The van der Waals surface area contributed by atoms with E-state index in [0.717, 1.165) is 10.0 Å². The summed E-state index contributed by atoms with van der Waals surface area (Å²) in [4.78, 5) is -0.181. The first-order valence-corrected chi connectivity index (χ1v) is 12.9. The molecule has 3 aromatic carbocycles. The fourth-order valence-electron chi connectivity index (χ4n) is 3.42. The van der Waals surface area contributed by atoms with Crippen molar-refractivity contribution in [3.05, 3.63) is 101 Å². The molecule has 30 heavy (non-hydrogen) atoms. The molecule has 8 heteroatoms. The normalized spacial score (nSPS) is 14.0. The highest BCUT2D eigenvalue weighted by molar-refractivity contribution is 9.10. The van der Waals surface area contributed by atoms with E-state index in [9.17, 15) is 16.8 Å². The Labute approximate surface area is 184 Å². The Bertz CT molecular complexity index is 1250. The lowest BCUT2D eigenvalue weighted by atomic mass is 9.95. The van der Waals surface area contributed by atoms with Gasteiger partial charge in [-0.1, -0.05) is 64.5 Å². The number of sulfonamides is 2. The lowest BCUT2D eigenvalue weighted by molar-refractivity contribution is 0.540. The van der Waals surface area contributed by atoms with E-state index in [0.29, 0.717) is 22.1 Å². The Kier molecular flexibility index (Phi) is 5.57. The van der Waals surface area contributed by atoms with Crippen LogP contribution in [0.5, 0.6) is 0 Å². The number of rotatable bonds is 5. The van der Waals surface area contributed by atoms with Gasteiger partial charge in [0.15, 0.2) is 0 Å². The van der Waals surface area contributed by atoms with E-state index in [-0.39, 0.29) is 15.5 Å². The van der Waals surface area contributed by atoms with Crippen LogP contribution in [0.3, 0.4) is 0 Å². The summed E-state index contributed by atoms with van der Waals surface area (Å²) in [7, 11) is -8.80. The summed E-state index contributed by atoms with van der Waals surface area (Å²) >= 11 is 3.41. The third-order valence-corrected chi connectivity index (χ3v) is 9.49. The summed E-state index contributed by atoms with van der Waals surface area (Å²) in [6.45, 7) is 0. The molecule has 5 nitrogen and oxygen atoms in total.